The summed E-state index contributed by atoms with van der Waals surface area (Å²) in [4.78, 5) is 11.3. The van der Waals surface area contributed by atoms with Gasteiger partial charge in [-0.15, -0.1) is 0 Å². The van der Waals surface area contributed by atoms with E-state index in [1.165, 1.54) is 12.1 Å². The van der Waals surface area contributed by atoms with E-state index in [1.807, 2.05) is 0 Å². The second kappa shape index (κ2) is 5.29. The van der Waals surface area contributed by atoms with Crippen molar-refractivity contribution in [2.45, 2.75) is 19.5 Å². The third-order valence-corrected chi connectivity index (χ3v) is 4.10. The minimum absolute atomic E-state index is 0.0681. The molecule has 0 saturated carbocycles. The molecule has 0 spiro atoms. The molecule has 1 aromatic rings. The van der Waals surface area contributed by atoms with Crippen molar-refractivity contribution in [3.8, 4) is 0 Å². The Morgan fingerprint density at radius 2 is 2.14 bits per heavy atom. The fourth-order valence-electron chi connectivity index (χ4n) is 2.76. The number of carbonyl (C=O) groups is 1. The van der Waals surface area contributed by atoms with E-state index >= 15 is 0 Å². The van der Waals surface area contributed by atoms with Gasteiger partial charge in [0.1, 0.15) is 5.82 Å². The number of alkyl halides is 3. The highest BCUT2D eigenvalue weighted by Gasteiger charge is 2.66. The average Bonchev–Trinajstić information content (AvgIpc) is 2.78. The molecule has 1 aliphatic rings. The number of nitrogens with one attached hydrogen (secondary N) is 1. The lowest BCUT2D eigenvalue weighted by Crippen LogP contribution is -2.51. The van der Waals surface area contributed by atoms with E-state index < -0.39 is 35.8 Å². The number of rotatable bonds is 3. The van der Waals surface area contributed by atoms with Crippen molar-refractivity contribution < 1.29 is 27.5 Å². The summed E-state index contributed by atoms with van der Waals surface area (Å²) >= 11 is 0. The van der Waals surface area contributed by atoms with E-state index in [0.717, 1.165) is 6.07 Å². The van der Waals surface area contributed by atoms with Crippen LogP contribution >= 0.6 is 0 Å². The van der Waals surface area contributed by atoms with Crippen molar-refractivity contribution in [2.75, 3.05) is 13.1 Å². The van der Waals surface area contributed by atoms with Crippen LogP contribution in [0.5, 0.6) is 0 Å². The SMILES string of the molecule is Cc1ccc(C[C@H]2CNC[C@]2(C(=O)O)C(F)(F)F)cc1F. The monoisotopic (exact) mass is 305 g/mol. The van der Waals surface area contributed by atoms with Crippen LogP contribution in [0, 0.1) is 24.1 Å². The number of aliphatic carboxylic acids is 1. The molecule has 1 aromatic carbocycles. The molecular weight excluding hydrogens is 290 g/mol. The maximum atomic E-state index is 13.5. The number of carboxylic acids is 1. The zero-order chi connectivity index (χ0) is 15.8. The van der Waals surface area contributed by atoms with Crippen LogP contribution in [0.2, 0.25) is 0 Å². The molecule has 0 aromatic heterocycles. The summed E-state index contributed by atoms with van der Waals surface area (Å²) in [6.45, 7) is 0.819. The summed E-state index contributed by atoms with van der Waals surface area (Å²) in [5.41, 5.74) is -2.07. The highest BCUT2D eigenvalue weighted by atomic mass is 19.4. The molecule has 1 fully saturated rings. The first-order valence-corrected chi connectivity index (χ1v) is 6.44. The molecule has 1 saturated heterocycles. The quantitative estimate of drug-likeness (QED) is 0.844. The summed E-state index contributed by atoms with van der Waals surface area (Å²) in [5, 5.41) is 11.6. The number of hydrogen-bond acceptors (Lipinski definition) is 2. The van der Waals surface area contributed by atoms with Crippen LogP contribution in [0.4, 0.5) is 17.6 Å². The minimum Gasteiger partial charge on any atom is -0.481 e. The van der Waals surface area contributed by atoms with Gasteiger partial charge in [-0.3, -0.25) is 4.79 Å². The van der Waals surface area contributed by atoms with Crippen LogP contribution in [0.15, 0.2) is 18.2 Å². The van der Waals surface area contributed by atoms with Crippen molar-refractivity contribution >= 4 is 5.97 Å². The average molecular weight is 305 g/mol. The van der Waals surface area contributed by atoms with Crippen LogP contribution in [0.25, 0.3) is 0 Å². The van der Waals surface area contributed by atoms with Crippen molar-refractivity contribution in [1.82, 2.24) is 5.32 Å². The summed E-state index contributed by atoms with van der Waals surface area (Å²) in [6.07, 6.45) is -5.01. The highest BCUT2D eigenvalue weighted by molar-refractivity contribution is 5.77. The van der Waals surface area contributed by atoms with Crippen molar-refractivity contribution in [2.24, 2.45) is 11.3 Å². The Kier molecular flexibility index (Phi) is 3.97. The lowest BCUT2D eigenvalue weighted by molar-refractivity contribution is -0.236. The molecule has 2 rings (SSSR count). The summed E-state index contributed by atoms with van der Waals surface area (Å²) in [6, 6.07) is 4.17. The van der Waals surface area contributed by atoms with Gasteiger partial charge in [-0.05, 0) is 37.1 Å². The van der Waals surface area contributed by atoms with Gasteiger partial charge in [-0.1, -0.05) is 12.1 Å². The Bertz CT molecular complexity index is 558. The summed E-state index contributed by atoms with van der Waals surface area (Å²) < 4.78 is 53.3. The maximum absolute atomic E-state index is 13.5. The lowest BCUT2D eigenvalue weighted by atomic mass is 9.74. The first kappa shape index (κ1) is 15.8. The predicted octanol–water partition coefficient (Wildman–Crippen LogP) is 2.53. The number of carboxylic acid groups (broad SMARTS) is 1. The molecule has 1 heterocycles. The zero-order valence-electron chi connectivity index (χ0n) is 11.3. The number of hydrogen-bond donors (Lipinski definition) is 2. The van der Waals surface area contributed by atoms with Gasteiger partial charge in [-0.25, -0.2) is 4.39 Å². The topological polar surface area (TPSA) is 49.3 Å². The molecule has 0 aliphatic carbocycles. The Morgan fingerprint density at radius 1 is 1.48 bits per heavy atom. The second-order valence-corrected chi connectivity index (χ2v) is 5.39. The third kappa shape index (κ3) is 2.62. The van der Waals surface area contributed by atoms with E-state index in [4.69, 9.17) is 5.11 Å². The molecule has 0 radical (unpaired) electrons. The molecule has 0 amide bonds. The Labute approximate surface area is 119 Å². The van der Waals surface area contributed by atoms with Gasteiger partial charge in [0.25, 0.3) is 0 Å². The van der Waals surface area contributed by atoms with E-state index in [0.29, 0.717) is 11.1 Å². The molecule has 21 heavy (non-hydrogen) atoms. The first-order valence-electron chi connectivity index (χ1n) is 6.44. The van der Waals surface area contributed by atoms with Gasteiger partial charge in [0.15, 0.2) is 5.41 Å². The molecule has 0 bridgehead atoms. The molecular formula is C14H15F4NO2. The van der Waals surface area contributed by atoms with Gasteiger partial charge in [0.05, 0.1) is 0 Å². The fraction of sp³-hybridized carbons (Fsp3) is 0.500. The number of benzene rings is 1. The fourth-order valence-corrected chi connectivity index (χ4v) is 2.76. The Morgan fingerprint density at radius 3 is 2.67 bits per heavy atom. The largest absolute Gasteiger partial charge is 0.481 e. The Balaban J connectivity index is 2.33. The number of halogens is 4. The van der Waals surface area contributed by atoms with Crippen LogP contribution in [0.3, 0.4) is 0 Å². The first-order chi connectivity index (χ1) is 9.68. The lowest BCUT2D eigenvalue weighted by Gasteiger charge is -2.32. The van der Waals surface area contributed by atoms with Crippen LogP contribution in [0.1, 0.15) is 11.1 Å². The smallest absolute Gasteiger partial charge is 0.406 e. The van der Waals surface area contributed by atoms with Crippen molar-refractivity contribution in [3.63, 3.8) is 0 Å². The minimum atomic E-state index is -4.86. The molecule has 1 aliphatic heterocycles. The van der Waals surface area contributed by atoms with E-state index in [9.17, 15) is 22.4 Å². The van der Waals surface area contributed by atoms with Crippen molar-refractivity contribution in [1.29, 1.82) is 0 Å². The number of aryl methyl sites for hydroxylation is 1. The van der Waals surface area contributed by atoms with E-state index in [-0.39, 0.29) is 13.0 Å². The maximum Gasteiger partial charge on any atom is 0.406 e. The standard InChI is InChI=1S/C14H15F4NO2/c1-8-2-3-9(5-11(8)15)4-10-6-19-7-13(10,12(20)21)14(16,17)18/h2-3,5,10,19H,4,6-7H2,1H3,(H,20,21)/t10-,13-/m0/s1. The molecule has 2 N–H and O–H groups in total. The van der Waals surface area contributed by atoms with E-state index in [1.54, 1.807) is 6.92 Å². The molecule has 3 nitrogen and oxygen atoms in total. The van der Waals surface area contributed by atoms with Gasteiger partial charge in [0.2, 0.25) is 0 Å². The molecule has 7 heteroatoms. The van der Waals surface area contributed by atoms with Crippen LogP contribution in [-0.2, 0) is 11.2 Å². The second-order valence-electron chi connectivity index (χ2n) is 5.39. The zero-order valence-corrected chi connectivity index (χ0v) is 11.3. The van der Waals surface area contributed by atoms with Gasteiger partial charge < -0.3 is 10.4 Å². The summed E-state index contributed by atoms with van der Waals surface area (Å²) in [5.74, 6) is -3.57. The van der Waals surface area contributed by atoms with Gasteiger partial charge in [0, 0.05) is 12.5 Å². The van der Waals surface area contributed by atoms with Gasteiger partial charge >= 0.3 is 12.1 Å². The van der Waals surface area contributed by atoms with Crippen LogP contribution in [-0.4, -0.2) is 30.3 Å². The normalized spacial score (nSPS) is 26.0. The molecule has 0 unspecified atom stereocenters. The summed E-state index contributed by atoms with van der Waals surface area (Å²) in [7, 11) is 0. The van der Waals surface area contributed by atoms with Gasteiger partial charge in [-0.2, -0.15) is 13.2 Å². The van der Waals surface area contributed by atoms with E-state index in [2.05, 4.69) is 5.32 Å². The Hall–Kier alpha value is -1.63. The van der Waals surface area contributed by atoms with Crippen molar-refractivity contribution in [3.05, 3.63) is 35.1 Å². The molecule has 116 valence electrons. The third-order valence-electron chi connectivity index (χ3n) is 4.10. The predicted molar refractivity (Wildman–Crippen MR) is 67.3 cm³/mol. The van der Waals surface area contributed by atoms with Crippen LogP contribution < -0.4 is 5.32 Å². The molecule has 2 atom stereocenters. The highest BCUT2D eigenvalue weighted by Crippen LogP contribution is 2.47.